The molecule has 2 heteroatoms. The maximum atomic E-state index is 5.69. The molecule has 0 aromatic heterocycles. The third-order valence-corrected chi connectivity index (χ3v) is 3.76. The summed E-state index contributed by atoms with van der Waals surface area (Å²) in [5, 5.41) is 2.45. The predicted octanol–water partition coefficient (Wildman–Crippen LogP) is 4.18. The van der Waals surface area contributed by atoms with E-state index in [1.165, 1.54) is 10.8 Å². The lowest BCUT2D eigenvalue weighted by Gasteiger charge is -2.10. The summed E-state index contributed by atoms with van der Waals surface area (Å²) < 4.78 is 5.69. The molecule has 0 aliphatic rings. The highest BCUT2D eigenvalue weighted by Gasteiger charge is 1.96. The lowest BCUT2D eigenvalue weighted by Crippen LogP contribution is -2.19. The van der Waals surface area contributed by atoms with Crippen LogP contribution in [0.1, 0.15) is 11.1 Å². The molecule has 24 heavy (non-hydrogen) atoms. The van der Waals surface area contributed by atoms with Gasteiger partial charge in [0.2, 0.25) is 0 Å². The van der Waals surface area contributed by atoms with Crippen LogP contribution in [0.2, 0.25) is 0 Å². The molecule has 0 amide bonds. The van der Waals surface area contributed by atoms with E-state index >= 15 is 0 Å². The Morgan fingerprint density at radius 2 is 1.46 bits per heavy atom. The molecule has 120 valence electrons. The molecule has 0 spiro atoms. The Morgan fingerprint density at radius 1 is 0.792 bits per heavy atom. The van der Waals surface area contributed by atoms with Crippen LogP contribution in [0.25, 0.3) is 10.8 Å². The molecular formula is C22H21NO. The zero-order chi connectivity index (χ0) is 16.8. The van der Waals surface area contributed by atoms with Crippen molar-refractivity contribution in [2.45, 2.75) is 0 Å². The number of benzene rings is 3. The van der Waals surface area contributed by atoms with Gasteiger partial charge in [-0.2, -0.15) is 0 Å². The Labute approximate surface area is 143 Å². The van der Waals surface area contributed by atoms with Crippen molar-refractivity contribution in [3.05, 3.63) is 77.9 Å². The molecule has 0 bridgehead atoms. The van der Waals surface area contributed by atoms with E-state index in [1.807, 2.05) is 38.4 Å². The van der Waals surface area contributed by atoms with Gasteiger partial charge in [-0.05, 0) is 61.3 Å². The summed E-state index contributed by atoms with van der Waals surface area (Å²) >= 11 is 0. The van der Waals surface area contributed by atoms with Gasteiger partial charge >= 0.3 is 0 Å². The van der Waals surface area contributed by atoms with E-state index < -0.39 is 0 Å². The van der Waals surface area contributed by atoms with E-state index in [9.17, 15) is 0 Å². The highest BCUT2D eigenvalue weighted by Crippen LogP contribution is 2.15. The van der Waals surface area contributed by atoms with Crippen molar-refractivity contribution in [1.82, 2.24) is 4.90 Å². The number of rotatable bonds is 4. The van der Waals surface area contributed by atoms with Gasteiger partial charge in [-0.3, -0.25) is 0 Å². The van der Waals surface area contributed by atoms with E-state index in [-0.39, 0.29) is 0 Å². The Balaban J connectivity index is 1.68. The van der Waals surface area contributed by atoms with Crippen molar-refractivity contribution < 1.29 is 4.74 Å². The van der Waals surface area contributed by atoms with E-state index in [2.05, 4.69) is 59.2 Å². The summed E-state index contributed by atoms with van der Waals surface area (Å²) in [6.45, 7) is 1.60. The first kappa shape index (κ1) is 16.1. The second-order valence-corrected chi connectivity index (χ2v) is 5.99. The Morgan fingerprint density at radius 3 is 2.21 bits per heavy atom. The lowest BCUT2D eigenvalue weighted by atomic mass is 10.1. The normalized spacial score (nSPS) is 10.5. The van der Waals surface area contributed by atoms with E-state index in [4.69, 9.17) is 4.74 Å². The number of likely N-dealkylation sites (N-methyl/N-ethyl adjacent to an activating group) is 1. The van der Waals surface area contributed by atoms with Gasteiger partial charge in [-0.15, -0.1) is 0 Å². The van der Waals surface area contributed by atoms with Crippen molar-refractivity contribution in [3.63, 3.8) is 0 Å². The number of fused-ring (bicyclic) bond motifs is 1. The minimum atomic E-state index is 0.690. The lowest BCUT2D eigenvalue weighted by molar-refractivity contribution is 0.261. The maximum absolute atomic E-state index is 5.69. The Bertz CT molecular complexity index is 870. The van der Waals surface area contributed by atoms with Crippen LogP contribution in [-0.4, -0.2) is 32.1 Å². The van der Waals surface area contributed by atoms with Crippen molar-refractivity contribution in [1.29, 1.82) is 0 Å². The first-order chi connectivity index (χ1) is 11.7. The molecule has 0 fully saturated rings. The molecular weight excluding hydrogens is 294 g/mol. The molecule has 0 atom stereocenters. The van der Waals surface area contributed by atoms with Gasteiger partial charge in [0.15, 0.2) is 0 Å². The third kappa shape index (κ3) is 4.38. The molecule has 0 saturated carbocycles. The predicted molar refractivity (Wildman–Crippen MR) is 100 cm³/mol. The second-order valence-electron chi connectivity index (χ2n) is 5.99. The molecule has 3 rings (SSSR count). The summed E-state index contributed by atoms with van der Waals surface area (Å²) in [7, 11) is 4.07. The molecule has 0 heterocycles. The fourth-order valence-electron chi connectivity index (χ4n) is 2.39. The number of hydrogen-bond donors (Lipinski definition) is 0. The molecule has 0 N–H and O–H groups in total. The van der Waals surface area contributed by atoms with Crippen molar-refractivity contribution in [3.8, 4) is 17.6 Å². The van der Waals surface area contributed by atoms with Gasteiger partial charge in [0.1, 0.15) is 12.4 Å². The quantitative estimate of drug-likeness (QED) is 0.670. The standard InChI is InChI=1S/C22H21NO/c1-23(2)15-16-24-22-13-10-18(11-14-22)7-8-19-9-12-20-5-3-4-6-21(20)17-19/h3-6,9-14,17H,15-16H2,1-2H3. The van der Waals surface area contributed by atoms with Crippen molar-refractivity contribution >= 4 is 10.8 Å². The van der Waals surface area contributed by atoms with Crippen molar-refractivity contribution in [2.75, 3.05) is 27.2 Å². The van der Waals surface area contributed by atoms with Crippen LogP contribution in [-0.2, 0) is 0 Å². The van der Waals surface area contributed by atoms with E-state index in [1.54, 1.807) is 0 Å². The van der Waals surface area contributed by atoms with Crippen LogP contribution >= 0.6 is 0 Å². The van der Waals surface area contributed by atoms with Crippen molar-refractivity contribution in [2.24, 2.45) is 0 Å². The summed E-state index contributed by atoms with van der Waals surface area (Å²) in [5.41, 5.74) is 2.02. The minimum absolute atomic E-state index is 0.690. The molecule has 0 radical (unpaired) electrons. The Hall–Kier alpha value is -2.76. The number of nitrogens with zero attached hydrogens (tertiary/aromatic N) is 1. The van der Waals surface area contributed by atoms with E-state index in [0.29, 0.717) is 6.61 Å². The number of ether oxygens (including phenoxy) is 1. The van der Waals surface area contributed by atoms with E-state index in [0.717, 1.165) is 23.4 Å². The number of hydrogen-bond acceptors (Lipinski definition) is 2. The fraction of sp³-hybridized carbons (Fsp3) is 0.182. The topological polar surface area (TPSA) is 12.5 Å². The minimum Gasteiger partial charge on any atom is -0.492 e. The summed E-state index contributed by atoms with van der Waals surface area (Å²) in [6.07, 6.45) is 0. The largest absolute Gasteiger partial charge is 0.492 e. The molecule has 2 nitrogen and oxygen atoms in total. The monoisotopic (exact) mass is 315 g/mol. The van der Waals surface area contributed by atoms with Gasteiger partial charge in [-0.1, -0.05) is 42.2 Å². The first-order valence-corrected chi connectivity index (χ1v) is 8.09. The molecule has 0 aliphatic carbocycles. The molecule has 3 aromatic rings. The van der Waals surface area contributed by atoms with Gasteiger partial charge in [0, 0.05) is 17.7 Å². The molecule has 3 aromatic carbocycles. The average molecular weight is 315 g/mol. The van der Waals surface area contributed by atoms with Crippen LogP contribution in [0.5, 0.6) is 5.75 Å². The first-order valence-electron chi connectivity index (χ1n) is 8.09. The smallest absolute Gasteiger partial charge is 0.119 e. The van der Waals surface area contributed by atoms with Crippen LogP contribution in [0.4, 0.5) is 0 Å². The van der Waals surface area contributed by atoms with Gasteiger partial charge < -0.3 is 9.64 Å². The van der Waals surface area contributed by atoms with Gasteiger partial charge in [0.25, 0.3) is 0 Å². The zero-order valence-electron chi connectivity index (χ0n) is 14.1. The third-order valence-electron chi connectivity index (χ3n) is 3.76. The Kier molecular flexibility index (Phi) is 5.15. The highest BCUT2D eigenvalue weighted by atomic mass is 16.5. The fourth-order valence-corrected chi connectivity index (χ4v) is 2.39. The molecule has 0 unspecified atom stereocenters. The van der Waals surface area contributed by atoms with Crippen LogP contribution in [0, 0.1) is 11.8 Å². The van der Waals surface area contributed by atoms with Gasteiger partial charge in [0.05, 0.1) is 0 Å². The maximum Gasteiger partial charge on any atom is 0.119 e. The summed E-state index contributed by atoms with van der Waals surface area (Å²) in [6, 6.07) is 22.6. The van der Waals surface area contributed by atoms with Crippen LogP contribution in [0.3, 0.4) is 0 Å². The van der Waals surface area contributed by atoms with Gasteiger partial charge in [-0.25, -0.2) is 0 Å². The summed E-state index contributed by atoms with van der Waals surface area (Å²) in [4.78, 5) is 2.10. The van der Waals surface area contributed by atoms with Crippen LogP contribution in [0.15, 0.2) is 66.7 Å². The van der Waals surface area contributed by atoms with Crippen LogP contribution < -0.4 is 4.74 Å². The molecule has 0 aliphatic heterocycles. The SMILES string of the molecule is CN(C)CCOc1ccc(C#Cc2ccc3ccccc3c2)cc1. The highest BCUT2D eigenvalue weighted by molar-refractivity contribution is 5.83. The summed E-state index contributed by atoms with van der Waals surface area (Å²) in [5.74, 6) is 7.33. The molecule has 0 saturated heterocycles. The average Bonchev–Trinajstić information content (AvgIpc) is 2.60. The zero-order valence-corrected chi connectivity index (χ0v) is 14.1. The second kappa shape index (κ2) is 7.68.